The first-order valence-electron chi connectivity index (χ1n) is 9.88. The maximum Gasteiger partial charge on any atom is 0.266 e. The summed E-state index contributed by atoms with van der Waals surface area (Å²) in [4.78, 5) is 42.2. The van der Waals surface area contributed by atoms with Crippen molar-refractivity contribution >= 4 is 63.0 Å². The van der Waals surface area contributed by atoms with E-state index in [0.29, 0.717) is 38.3 Å². The molecule has 2 aliphatic rings. The molecule has 4 rings (SSSR count). The van der Waals surface area contributed by atoms with E-state index < -0.39 is 0 Å². The molecule has 2 aromatic rings. The molecule has 6 nitrogen and oxygen atoms in total. The van der Waals surface area contributed by atoms with Crippen molar-refractivity contribution in [3.63, 3.8) is 0 Å². The van der Waals surface area contributed by atoms with E-state index in [4.69, 9.17) is 12.2 Å². The van der Waals surface area contributed by atoms with Crippen LogP contribution in [-0.2, 0) is 14.4 Å². The van der Waals surface area contributed by atoms with Crippen molar-refractivity contribution in [2.45, 2.75) is 20.8 Å². The van der Waals surface area contributed by atoms with Crippen LogP contribution in [0.1, 0.15) is 23.6 Å². The number of benzene rings is 2. The van der Waals surface area contributed by atoms with Gasteiger partial charge in [-0.15, -0.1) is 0 Å². The van der Waals surface area contributed by atoms with Crippen LogP contribution in [0.15, 0.2) is 47.4 Å². The molecule has 3 amide bonds. The highest BCUT2D eigenvalue weighted by Crippen LogP contribution is 2.44. The van der Waals surface area contributed by atoms with Crippen molar-refractivity contribution in [2.24, 2.45) is 0 Å². The minimum atomic E-state index is -0.367. The molecule has 2 heterocycles. The van der Waals surface area contributed by atoms with Gasteiger partial charge in [-0.25, -0.2) is 0 Å². The van der Waals surface area contributed by atoms with Crippen LogP contribution in [0.4, 0.5) is 11.4 Å². The lowest BCUT2D eigenvalue weighted by atomic mass is 10.1. The maximum absolute atomic E-state index is 13.4. The molecular weight excluding hydrogens is 430 g/mol. The third-order valence-electron chi connectivity index (χ3n) is 5.28. The number of carbonyl (C=O) groups excluding carboxylic acids is 3. The number of hydrogen-bond donors (Lipinski definition) is 1. The van der Waals surface area contributed by atoms with Crippen LogP contribution in [0.2, 0.25) is 0 Å². The molecule has 0 aliphatic carbocycles. The summed E-state index contributed by atoms with van der Waals surface area (Å²) in [5, 5.41) is 2.90. The third-order valence-corrected chi connectivity index (χ3v) is 6.73. The Balaban J connectivity index is 1.66. The van der Waals surface area contributed by atoms with Gasteiger partial charge in [-0.05, 0) is 44.0 Å². The van der Waals surface area contributed by atoms with E-state index in [1.165, 1.54) is 9.80 Å². The number of amides is 3. The highest BCUT2D eigenvalue weighted by molar-refractivity contribution is 8.26. The van der Waals surface area contributed by atoms with Gasteiger partial charge in [-0.2, -0.15) is 0 Å². The second kappa shape index (κ2) is 8.28. The van der Waals surface area contributed by atoms with Crippen molar-refractivity contribution < 1.29 is 14.4 Å². The van der Waals surface area contributed by atoms with Crippen LogP contribution >= 0.6 is 24.0 Å². The average molecular weight is 452 g/mol. The second-order valence-corrected chi connectivity index (χ2v) is 9.04. The average Bonchev–Trinajstić information content (AvgIpc) is 3.17. The first-order valence-corrected chi connectivity index (χ1v) is 11.1. The summed E-state index contributed by atoms with van der Waals surface area (Å²) in [6.07, 6.45) is 0. The van der Waals surface area contributed by atoms with Crippen molar-refractivity contribution in [3.05, 3.63) is 64.1 Å². The lowest BCUT2D eigenvalue weighted by Gasteiger charge is -2.17. The number of fused-ring (bicyclic) bond motifs is 1. The monoisotopic (exact) mass is 451 g/mol. The number of hydrogen-bond acceptors (Lipinski definition) is 5. The van der Waals surface area contributed by atoms with Gasteiger partial charge in [0, 0.05) is 17.8 Å². The van der Waals surface area contributed by atoms with Crippen molar-refractivity contribution in [1.29, 1.82) is 0 Å². The molecule has 2 aromatic carbocycles. The Hall–Kier alpha value is -2.97. The van der Waals surface area contributed by atoms with Gasteiger partial charge in [0.1, 0.15) is 10.9 Å². The number of aryl methyl sites for hydroxylation is 2. The highest BCUT2D eigenvalue weighted by Gasteiger charge is 2.41. The molecule has 1 fully saturated rings. The van der Waals surface area contributed by atoms with Crippen molar-refractivity contribution in [1.82, 2.24) is 4.90 Å². The Morgan fingerprint density at radius 1 is 1.06 bits per heavy atom. The van der Waals surface area contributed by atoms with E-state index in [2.05, 4.69) is 5.32 Å². The fraction of sp³-hybridized carbons (Fsp3) is 0.217. The lowest BCUT2D eigenvalue weighted by Crippen LogP contribution is -2.35. The fourth-order valence-electron chi connectivity index (χ4n) is 3.68. The lowest BCUT2D eigenvalue weighted by molar-refractivity contribution is -0.122. The quantitative estimate of drug-likeness (QED) is 0.564. The molecular formula is C23H21N3O3S2. The van der Waals surface area contributed by atoms with Crippen LogP contribution in [0.25, 0.3) is 5.57 Å². The molecule has 2 aliphatic heterocycles. The summed E-state index contributed by atoms with van der Waals surface area (Å²) in [5.74, 6) is -0.939. The summed E-state index contributed by atoms with van der Waals surface area (Å²) in [7, 11) is 0. The van der Waals surface area contributed by atoms with Crippen LogP contribution in [-0.4, -0.2) is 40.0 Å². The van der Waals surface area contributed by atoms with Crippen molar-refractivity contribution in [2.75, 3.05) is 23.3 Å². The van der Waals surface area contributed by atoms with E-state index in [1.54, 1.807) is 12.1 Å². The summed E-state index contributed by atoms with van der Waals surface area (Å²) < 4.78 is 0.436. The number of nitrogens with one attached hydrogen (secondary N) is 1. The number of thiocarbonyl (C=S) groups is 1. The fourth-order valence-corrected chi connectivity index (χ4v) is 5.14. The molecule has 1 N–H and O–H groups in total. The van der Waals surface area contributed by atoms with E-state index in [9.17, 15) is 14.4 Å². The minimum Gasteiger partial charge on any atom is -0.324 e. The van der Waals surface area contributed by atoms with E-state index >= 15 is 0 Å². The zero-order valence-corrected chi connectivity index (χ0v) is 19.0. The molecule has 0 spiro atoms. The van der Waals surface area contributed by atoms with Gasteiger partial charge in [0.05, 0.1) is 16.2 Å². The molecule has 8 heteroatoms. The number of likely N-dealkylation sites (N-methyl/N-ethyl adjacent to an activating group) is 1. The molecule has 0 radical (unpaired) electrons. The zero-order chi connectivity index (χ0) is 22.3. The van der Waals surface area contributed by atoms with Crippen LogP contribution in [0.5, 0.6) is 0 Å². The summed E-state index contributed by atoms with van der Waals surface area (Å²) in [6.45, 7) is 6.00. The predicted molar refractivity (Wildman–Crippen MR) is 128 cm³/mol. The number of carbonyl (C=O) groups is 3. The highest BCUT2D eigenvalue weighted by atomic mass is 32.2. The van der Waals surface area contributed by atoms with Gasteiger partial charge >= 0.3 is 0 Å². The summed E-state index contributed by atoms with van der Waals surface area (Å²) in [6, 6.07) is 13.0. The van der Waals surface area contributed by atoms with Crippen molar-refractivity contribution in [3.8, 4) is 0 Å². The Morgan fingerprint density at radius 2 is 1.81 bits per heavy atom. The van der Waals surface area contributed by atoms with E-state index in [1.807, 2.05) is 51.1 Å². The number of thioether (sulfide) groups is 1. The number of rotatable bonds is 4. The molecule has 0 bridgehead atoms. The summed E-state index contributed by atoms with van der Waals surface area (Å²) in [5.41, 5.74) is 4.25. The molecule has 1 saturated heterocycles. The molecule has 158 valence electrons. The van der Waals surface area contributed by atoms with Gasteiger partial charge in [0.2, 0.25) is 5.91 Å². The van der Waals surface area contributed by atoms with Gasteiger partial charge in [-0.1, -0.05) is 54.3 Å². The Kier molecular flexibility index (Phi) is 5.68. The number of anilines is 2. The largest absolute Gasteiger partial charge is 0.324 e. The van der Waals surface area contributed by atoms with E-state index in [-0.39, 0.29) is 24.3 Å². The zero-order valence-electron chi connectivity index (χ0n) is 17.4. The first-order chi connectivity index (χ1) is 14.8. The van der Waals surface area contributed by atoms with Crippen LogP contribution in [0.3, 0.4) is 0 Å². The minimum absolute atomic E-state index is 0.152. The predicted octanol–water partition coefficient (Wildman–Crippen LogP) is 3.88. The molecule has 0 atom stereocenters. The number of para-hydroxylation sites is 1. The SMILES string of the molecule is CCN1C(=O)/C(=C2\C(=O)N(CC(=O)Nc3cc(C)ccc3C)c3ccccc32)SC1=S. The summed E-state index contributed by atoms with van der Waals surface area (Å²) >= 11 is 6.44. The normalized spacial score (nSPS) is 18.1. The first kappa shape index (κ1) is 21.3. The molecule has 0 aromatic heterocycles. The van der Waals surface area contributed by atoms with Gasteiger partial charge in [-0.3, -0.25) is 24.2 Å². The topological polar surface area (TPSA) is 69.7 Å². The smallest absolute Gasteiger partial charge is 0.266 e. The second-order valence-electron chi connectivity index (χ2n) is 7.40. The maximum atomic E-state index is 13.4. The molecule has 31 heavy (non-hydrogen) atoms. The van der Waals surface area contributed by atoms with Gasteiger partial charge in [0.15, 0.2) is 0 Å². The van der Waals surface area contributed by atoms with Gasteiger partial charge < -0.3 is 5.32 Å². The molecule has 0 saturated carbocycles. The van der Waals surface area contributed by atoms with Crippen LogP contribution < -0.4 is 10.2 Å². The Labute approximate surface area is 190 Å². The standard InChI is InChI=1S/C23H21N3O3S2/c1-4-25-22(29)20(31-23(25)30)19-15-7-5-6-8-17(15)26(21(19)28)12-18(27)24-16-11-13(2)9-10-14(16)3/h5-11H,4,12H2,1-3H3,(H,24,27)/b20-19+. The number of nitrogens with zero attached hydrogens (tertiary/aromatic N) is 2. The molecule has 0 unspecified atom stereocenters. The third kappa shape index (κ3) is 3.77. The Morgan fingerprint density at radius 3 is 2.52 bits per heavy atom. The van der Waals surface area contributed by atoms with Crippen LogP contribution in [0, 0.1) is 13.8 Å². The Bertz CT molecular complexity index is 1170. The van der Waals surface area contributed by atoms with Gasteiger partial charge in [0.25, 0.3) is 11.8 Å². The van der Waals surface area contributed by atoms with E-state index in [0.717, 1.165) is 22.9 Å².